The number of hydrogen-bond donors (Lipinski definition) is 3. The van der Waals surface area contributed by atoms with Gasteiger partial charge in [-0.05, 0) is 31.2 Å². The molecule has 3 N–H and O–H groups in total. The summed E-state index contributed by atoms with van der Waals surface area (Å²) in [5.41, 5.74) is 1.82. The van der Waals surface area contributed by atoms with Gasteiger partial charge in [0.1, 0.15) is 18.4 Å². The normalized spacial score (nSPS) is 15.2. The highest BCUT2D eigenvalue weighted by atomic mass is 16.5. The molecule has 0 saturated heterocycles. The van der Waals surface area contributed by atoms with E-state index in [0.717, 1.165) is 5.56 Å². The number of aromatic nitrogens is 4. The molecule has 1 unspecified atom stereocenters. The second-order valence-corrected chi connectivity index (χ2v) is 6.09. The van der Waals surface area contributed by atoms with Gasteiger partial charge in [-0.1, -0.05) is 6.07 Å². The molecule has 10 heteroatoms. The van der Waals surface area contributed by atoms with Crippen molar-refractivity contribution in [1.82, 2.24) is 25.1 Å². The number of nitrogens with one attached hydrogen (secondary N) is 3. The Balaban J connectivity index is 1.41. The number of carbonyl (C=O) groups excluding carboxylic acids is 2. The summed E-state index contributed by atoms with van der Waals surface area (Å²) in [4.78, 5) is 32.2. The van der Waals surface area contributed by atoms with Gasteiger partial charge in [0.05, 0.1) is 5.69 Å². The molecule has 10 nitrogen and oxygen atoms in total. The molecule has 0 saturated carbocycles. The quantitative estimate of drug-likeness (QED) is 0.634. The Morgan fingerprint density at radius 1 is 1.36 bits per heavy atom. The number of nitrogens with zero attached hydrogens (tertiary/aromatic N) is 4. The first-order valence-electron chi connectivity index (χ1n) is 8.55. The smallest absolute Gasteiger partial charge is 0.319 e. The number of fused-ring (bicyclic) bond motifs is 1. The van der Waals surface area contributed by atoms with E-state index in [0.29, 0.717) is 22.9 Å². The van der Waals surface area contributed by atoms with Gasteiger partial charge in [-0.3, -0.25) is 4.79 Å². The molecule has 0 spiro atoms. The van der Waals surface area contributed by atoms with Gasteiger partial charge in [-0.15, -0.1) is 0 Å². The zero-order valence-corrected chi connectivity index (χ0v) is 14.9. The van der Waals surface area contributed by atoms with Crippen LogP contribution < -0.4 is 20.7 Å². The van der Waals surface area contributed by atoms with Gasteiger partial charge in [-0.2, -0.15) is 5.10 Å². The largest absolute Gasteiger partial charge is 0.479 e. The molecule has 4 rings (SSSR count). The third-order valence-corrected chi connectivity index (χ3v) is 4.11. The van der Waals surface area contributed by atoms with Crippen LogP contribution in [-0.4, -0.2) is 37.8 Å². The molecule has 1 aliphatic rings. The molecule has 3 aromatic rings. The Morgan fingerprint density at radius 3 is 3.07 bits per heavy atom. The van der Waals surface area contributed by atoms with Crippen molar-refractivity contribution < 1.29 is 14.3 Å². The average Bonchev–Trinajstić information content (AvgIpc) is 3.22. The fraction of sp³-hybridized carbons (Fsp3) is 0.167. The van der Waals surface area contributed by atoms with E-state index in [-0.39, 0.29) is 12.5 Å². The number of anilines is 2. The molecule has 142 valence electrons. The predicted molar refractivity (Wildman–Crippen MR) is 100 cm³/mol. The van der Waals surface area contributed by atoms with E-state index in [1.165, 1.54) is 17.3 Å². The van der Waals surface area contributed by atoms with Crippen molar-refractivity contribution in [1.29, 1.82) is 0 Å². The standard InChI is InChI=1S/C18H17N7O3/c1-11-17(26)24-14-7-13(4-5-15(14)28-11)23-18(27)21-8-12-3-2-6-20-16(12)25-10-19-9-22-25/h2-7,9-11H,8H2,1H3,(H,24,26)(H2,21,23,27). The van der Waals surface area contributed by atoms with Gasteiger partial charge in [-0.25, -0.2) is 19.4 Å². The fourth-order valence-corrected chi connectivity index (χ4v) is 2.73. The summed E-state index contributed by atoms with van der Waals surface area (Å²) in [5.74, 6) is 0.917. The maximum Gasteiger partial charge on any atom is 0.319 e. The van der Waals surface area contributed by atoms with Gasteiger partial charge in [0.15, 0.2) is 11.9 Å². The lowest BCUT2D eigenvalue weighted by Crippen LogP contribution is -2.34. The molecule has 0 bridgehead atoms. The Hall–Kier alpha value is -3.95. The van der Waals surface area contributed by atoms with Gasteiger partial charge < -0.3 is 20.7 Å². The summed E-state index contributed by atoms with van der Waals surface area (Å²) in [6, 6.07) is 8.27. The Kier molecular flexibility index (Phi) is 4.58. The summed E-state index contributed by atoms with van der Waals surface area (Å²) < 4.78 is 7.03. The molecule has 2 aromatic heterocycles. The predicted octanol–water partition coefficient (Wildman–Crippen LogP) is 1.70. The van der Waals surface area contributed by atoms with Crippen LogP contribution in [0.15, 0.2) is 49.2 Å². The summed E-state index contributed by atoms with van der Waals surface area (Å²) in [6.07, 6.45) is 4.05. The van der Waals surface area contributed by atoms with Crippen LogP contribution >= 0.6 is 0 Å². The molecular formula is C18H17N7O3. The van der Waals surface area contributed by atoms with Crippen LogP contribution in [0, 0.1) is 0 Å². The zero-order chi connectivity index (χ0) is 19.5. The minimum atomic E-state index is -0.548. The van der Waals surface area contributed by atoms with Gasteiger partial charge >= 0.3 is 6.03 Å². The van der Waals surface area contributed by atoms with Crippen LogP contribution in [0.1, 0.15) is 12.5 Å². The van der Waals surface area contributed by atoms with Crippen molar-refractivity contribution in [2.45, 2.75) is 19.6 Å². The van der Waals surface area contributed by atoms with Crippen LogP contribution in [-0.2, 0) is 11.3 Å². The van der Waals surface area contributed by atoms with Crippen molar-refractivity contribution in [2.75, 3.05) is 10.6 Å². The highest BCUT2D eigenvalue weighted by molar-refractivity contribution is 5.99. The maximum atomic E-state index is 12.3. The number of urea groups is 1. The molecule has 1 aromatic carbocycles. The molecule has 28 heavy (non-hydrogen) atoms. The minimum Gasteiger partial charge on any atom is -0.479 e. The number of hydrogen-bond acceptors (Lipinski definition) is 6. The Morgan fingerprint density at radius 2 is 2.25 bits per heavy atom. The average molecular weight is 379 g/mol. The first kappa shape index (κ1) is 17.5. The molecule has 1 aliphatic heterocycles. The molecule has 0 aliphatic carbocycles. The Labute approximate surface area is 159 Å². The van der Waals surface area contributed by atoms with Crippen molar-refractivity contribution >= 4 is 23.3 Å². The van der Waals surface area contributed by atoms with E-state index in [1.54, 1.807) is 37.4 Å². The first-order chi connectivity index (χ1) is 13.6. The summed E-state index contributed by atoms with van der Waals surface area (Å²) in [7, 11) is 0. The topological polar surface area (TPSA) is 123 Å². The highest BCUT2D eigenvalue weighted by Crippen LogP contribution is 2.32. The monoisotopic (exact) mass is 379 g/mol. The van der Waals surface area contributed by atoms with Crippen LogP contribution in [0.5, 0.6) is 5.75 Å². The Bertz CT molecular complexity index is 1020. The van der Waals surface area contributed by atoms with Gasteiger partial charge in [0, 0.05) is 24.0 Å². The van der Waals surface area contributed by atoms with Crippen LogP contribution in [0.4, 0.5) is 16.2 Å². The number of ether oxygens (including phenoxy) is 1. The molecule has 1 atom stereocenters. The first-order valence-corrected chi connectivity index (χ1v) is 8.55. The maximum absolute atomic E-state index is 12.3. The van der Waals surface area contributed by atoms with E-state index < -0.39 is 12.1 Å². The van der Waals surface area contributed by atoms with E-state index >= 15 is 0 Å². The molecule has 3 amide bonds. The summed E-state index contributed by atoms with van der Waals surface area (Å²) in [6.45, 7) is 1.92. The number of pyridine rings is 1. The third-order valence-electron chi connectivity index (χ3n) is 4.11. The lowest BCUT2D eigenvalue weighted by Gasteiger charge is -2.23. The molecule has 0 fully saturated rings. The summed E-state index contributed by atoms with van der Waals surface area (Å²) in [5, 5.41) is 12.3. The van der Waals surface area contributed by atoms with Crippen molar-refractivity contribution in [3.8, 4) is 11.6 Å². The minimum absolute atomic E-state index is 0.230. The van der Waals surface area contributed by atoms with E-state index in [4.69, 9.17) is 4.74 Å². The molecular weight excluding hydrogens is 362 g/mol. The fourth-order valence-electron chi connectivity index (χ4n) is 2.73. The number of benzene rings is 1. The highest BCUT2D eigenvalue weighted by Gasteiger charge is 2.23. The van der Waals surface area contributed by atoms with Crippen molar-refractivity contribution in [2.24, 2.45) is 0 Å². The van der Waals surface area contributed by atoms with E-state index in [2.05, 4.69) is 31.0 Å². The molecule has 0 radical (unpaired) electrons. The number of rotatable bonds is 4. The molecule has 3 heterocycles. The second kappa shape index (κ2) is 7.35. The van der Waals surface area contributed by atoms with Gasteiger partial charge in [0.25, 0.3) is 5.91 Å². The van der Waals surface area contributed by atoms with Gasteiger partial charge in [0.2, 0.25) is 0 Å². The van der Waals surface area contributed by atoms with Crippen molar-refractivity contribution in [3.63, 3.8) is 0 Å². The SMILES string of the molecule is CC1Oc2ccc(NC(=O)NCc3cccnc3-n3cncn3)cc2NC1=O. The van der Waals surface area contributed by atoms with Crippen molar-refractivity contribution in [3.05, 3.63) is 54.7 Å². The lowest BCUT2D eigenvalue weighted by atomic mass is 10.2. The van der Waals surface area contributed by atoms with Crippen LogP contribution in [0.3, 0.4) is 0 Å². The number of amides is 3. The van der Waals surface area contributed by atoms with Crippen LogP contribution in [0.2, 0.25) is 0 Å². The van der Waals surface area contributed by atoms with Crippen LogP contribution in [0.25, 0.3) is 5.82 Å². The number of carbonyl (C=O) groups is 2. The summed E-state index contributed by atoms with van der Waals surface area (Å²) >= 11 is 0. The van der Waals surface area contributed by atoms with E-state index in [9.17, 15) is 9.59 Å². The van der Waals surface area contributed by atoms with E-state index in [1.807, 2.05) is 6.07 Å². The third kappa shape index (κ3) is 3.61. The second-order valence-electron chi connectivity index (χ2n) is 6.09. The zero-order valence-electron chi connectivity index (χ0n) is 14.9. The lowest BCUT2D eigenvalue weighted by molar-refractivity contribution is -0.122.